The highest BCUT2D eigenvalue weighted by molar-refractivity contribution is 9.10. The number of rotatable bonds is 2. The van der Waals surface area contributed by atoms with E-state index in [1.165, 1.54) is 12.3 Å². The van der Waals surface area contributed by atoms with Gasteiger partial charge in [0.1, 0.15) is 5.82 Å². The first-order chi connectivity index (χ1) is 8.47. The van der Waals surface area contributed by atoms with Crippen molar-refractivity contribution in [1.29, 1.82) is 0 Å². The minimum atomic E-state index is -0.299. The lowest BCUT2D eigenvalue weighted by Gasteiger charge is -2.09. The fourth-order valence-corrected chi connectivity index (χ4v) is 2.47. The third kappa shape index (κ3) is 2.81. The maximum Gasteiger partial charge on any atom is 0.218 e. The summed E-state index contributed by atoms with van der Waals surface area (Å²) >= 11 is 6.42. The lowest BCUT2D eigenvalue weighted by atomic mass is 10.2. The van der Waals surface area contributed by atoms with Gasteiger partial charge in [-0.1, -0.05) is 15.9 Å². The summed E-state index contributed by atoms with van der Waals surface area (Å²) in [7, 11) is 0. The third-order valence-corrected chi connectivity index (χ3v) is 3.48. The number of anilines is 1. The van der Waals surface area contributed by atoms with Crippen LogP contribution in [0.1, 0.15) is 5.56 Å². The van der Waals surface area contributed by atoms with E-state index in [4.69, 9.17) is 5.73 Å². The fraction of sp³-hybridized carbons (Fsp3) is 0.0833. The highest BCUT2D eigenvalue weighted by Crippen LogP contribution is 2.17. The molecule has 6 heteroatoms. The molecule has 2 rings (SSSR count). The van der Waals surface area contributed by atoms with E-state index in [0.29, 0.717) is 16.6 Å². The lowest BCUT2D eigenvalue weighted by Crippen LogP contribution is -2.14. The van der Waals surface area contributed by atoms with Gasteiger partial charge in [-0.3, -0.25) is 4.79 Å². The van der Waals surface area contributed by atoms with E-state index >= 15 is 0 Å². The Morgan fingerprint density at radius 1 is 1.28 bits per heavy atom. The fourth-order valence-electron chi connectivity index (χ4n) is 1.57. The van der Waals surface area contributed by atoms with Gasteiger partial charge in [0.2, 0.25) is 5.43 Å². The summed E-state index contributed by atoms with van der Waals surface area (Å²) in [6.07, 6.45) is 3.08. The Bertz CT molecular complexity index is 629. The van der Waals surface area contributed by atoms with Crippen molar-refractivity contribution in [3.8, 4) is 0 Å². The molecule has 1 aromatic heterocycles. The Morgan fingerprint density at radius 3 is 2.67 bits per heavy atom. The summed E-state index contributed by atoms with van der Waals surface area (Å²) in [4.78, 5) is 11.4. The van der Waals surface area contributed by atoms with E-state index < -0.39 is 0 Å². The largest absolute Gasteiger partial charge is 0.394 e. The zero-order valence-electron chi connectivity index (χ0n) is 9.16. The molecule has 0 saturated heterocycles. The molecule has 0 saturated carbocycles. The molecule has 94 valence electrons. The molecule has 0 amide bonds. The van der Waals surface area contributed by atoms with Gasteiger partial charge in [0, 0.05) is 22.4 Å². The molecule has 0 aliphatic rings. The monoisotopic (exact) mass is 374 g/mol. The van der Waals surface area contributed by atoms with Gasteiger partial charge in [0.05, 0.1) is 16.7 Å². The van der Waals surface area contributed by atoms with Crippen LogP contribution >= 0.6 is 31.9 Å². The summed E-state index contributed by atoms with van der Waals surface area (Å²) in [5.41, 5.74) is 5.95. The summed E-state index contributed by atoms with van der Waals surface area (Å²) in [6.45, 7) is 0.300. The lowest BCUT2D eigenvalue weighted by molar-refractivity contribution is 0.598. The van der Waals surface area contributed by atoms with Crippen molar-refractivity contribution in [3.05, 3.63) is 61.1 Å². The molecule has 3 nitrogen and oxygen atoms in total. The Morgan fingerprint density at radius 2 is 2.00 bits per heavy atom. The molecule has 2 aromatic rings. The molecule has 1 aromatic carbocycles. The van der Waals surface area contributed by atoms with Crippen LogP contribution in [0.5, 0.6) is 0 Å². The number of hydrogen-bond donors (Lipinski definition) is 1. The summed E-state index contributed by atoms with van der Waals surface area (Å²) in [5, 5.41) is 0. The van der Waals surface area contributed by atoms with Gasteiger partial charge in [-0.05, 0) is 34.1 Å². The van der Waals surface area contributed by atoms with Crippen molar-refractivity contribution in [1.82, 2.24) is 4.57 Å². The third-order valence-electron chi connectivity index (χ3n) is 2.42. The van der Waals surface area contributed by atoms with Crippen molar-refractivity contribution in [2.24, 2.45) is 0 Å². The highest BCUT2D eigenvalue weighted by atomic mass is 79.9. The quantitative estimate of drug-likeness (QED) is 0.876. The van der Waals surface area contributed by atoms with Crippen molar-refractivity contribution in [3.63, 3.8) is 0 Å². The number of pyridine rings is 1. The molecule has 0 radical (unpaired) electrons. The van der Waals surface area contributed by atoms with Crippen molar-refractivity contribution in [2.45, 2.75) is 6.54 Å². The summed E-state index contributed by atoms with van der Waals surface area (Å²) in [5.74, 6) is -0.299. The molecule has 18 heavy (non-hydrogen) atoms. The van der Waals surface area contributed by atoms with E-state index in [0.717, 1.165) is 4.47 Å². The normalized spacial score (nSPS) is 10.6. The average molecular weight is 376 g/mol. The van der Waals surface area contributed by atoms with Crippen molar-refractivity contribution in [2.75, 3.05) is 5.73 Å². The van der Waals surface area contributed by atoms with Gasteiger partial charge in [0.25, 0.3) is 0 Å². The number of nitrogens with two attached hydrogens (primary N) is 1. The van der Waals surface area contributed by atoms with Crippen LogP contribution in [0.4, 0.5) is 10.1 Å². The van der Waals surface area contributed by atoms with Crippen LogP contribution in [0.25, 0.3) is 0 Å². The number of nitrogens with zero attached hydrogens (tertiary/aromatic N) is 1. The average Bonchev–Trinajstić information content (AvgIpc) is 2.31. The first-order valence-corrected chi connectivity index (χ1v) is 6.65. The smallest absolute Gasteiger partial charge is 0.218 e. The topological polar surface area (TPSA) is 48.0 Å². The number of nitrogen functional groups attached to an aromatic ring is 1. The van der Waals surface area contributed by atoms with Gasteiger partial charge in [0.15, 0.2) is 0 Å². The van der Waals surface area contributed by atoms with Crippen LogP contribution in [0.15, 0.2) is 44.3 Å². The van der Waals surface area contributed by atoms with E-state index in [-0.39, 0.29) is 16.9 Å². The molecule has 0 aliphatic carbocycles. The van der Waals surface area contributed by atoms with Crippen LogP contribution in [0.3, 0.4) is 0 Å². The van der Waals surface area contributed by atoms with Crippen LogP contribution in [-0.2, 0) is 6.54 Å². The number of benzene rings is 1. The number of aromatic nitrogens is 1. The Hall–Kier alpha value is -1.14. The SMILES string of the molecule is Nc1cn(Cc2cc(Br)ccc2F)cc(Br)c1=O. The van der Waals surface area contributed by atoms with Gasteiger partial charge in [-0.15, -0.1) is 0 Å². The molecule has 2 N–H and O–H groups in total. The predicted octanol–water partition coefficient (Wildman–Crippen LogP) is 3.14. The molecule has 0 fully saturated rings. The Kier molecular flexibility index (Phi) is 3.87. The molecule has 0 bridgehead atoms. The van der Waals surface area contributed by atoms with E-state index in [1.807, 2.05) is 0 Å². The number of hydrogen-bond acceptors (Lipinski definition) is 2. The second-order valence-electron chi connectivity index (χ2n) is 3.80. The molecule has 0 aliphatic heterocycles. The first-order valence-electron chi connectivity index (χ1n) is 5.06. The van der Waals surface area contributed by atoms with E-state index in [1.54, 1.807) is 22.9 Å². The highest BCUT2D eigenvalue weighted by Gasteiger charge is 2.06. The van der Waals surface area contributed by atoms with Crippen LogP contribution in [-0.4, -0.2) is 4.57 Å². The number of halogens is 3. The van der Waals surface area contributed by atoms with Crippen molar-refractivity contribution < 1.29 is 4.39 Å². The second kappa shape index (κ2) is 5.24. The van der Waals surface area contributed by atoms with E-state index in [9.17, 15) is 9.18 Å². The van der Waals surface area contributed by atoms with Gasteiger partial charge in [-0.2, -0.15) is 0 Å². The van der Waals surface area contributed by atoms with Gasteiger partial charge in [-0.25, -0.2) is 4.39 Å². The maximum atomic E-state index is 13.6. The minimum absolute atomic E-state index is 0.125. The molecule has 0 unspecified atom stereocenters. The predicted molar refractivity (Wildman–Crippen MR) is 76.0 cm³/mol. The molecule has 0 spiro atoms. The second-order valence-corrected chi connectivity index (χ2v) is 5.57. The van der Waals surface area contributed by atoms with Crippen LogP contribution in [0.2, 0.25) is 0 Å². The standard InChI is InChI=1S/C12H9Br2FN2O/c13-8-1-2-10(15)7(3-8)4-17-5-9(14)12(18)11(16)6-17/h1-3,5-6H,4,16H2. The van der Waals surface area contributed by atoms with E-state index in [2.05, 4.69) is 31.9 Å². The summed E-state index contributed by atoms with van der Waals surface area (Å²) < 4.78 is 16.4. The molecular formula is C12H9Br2FN2O. The summed E-state index contributed by atoms with van der Waals surface area (Å²) in [6, 6.07) is 4.71. The Labute approximate surface area is 120 Å². The van der Waals surface area contributed by atoms with Gasteiger partial charge >= 0.3 is 0 Å². The zero-order valence-corrected chi connectivity index (χ0v) is 12.3. The van der Waals surface area contributed by atoms with Crippen molar-refractivity contribution >= 4 is 37.5 Å². The molecule has 0 atom stereocenters. The molecular weight excluding hydrogens is 367 g/mol. The van der Waals surface area contributed by atoms with Crippen LogP contribution < -0.4 is 11.2 Å². The Balaban J connectivity index is 2.40. The maximum absolute atomic E-state index is 13.6. The molecule has 1 heterocycles. The zero-order chi connectivity index (χ0) is 13.3. The first kappa shape index (κ1) is 13.3. The minimum Gasteiger partial charge on any atom is -0.394 e. The van der Waals surface area contributed by atoms with Crippen LogP contribution in [0, 0.1) is 5.82 Å². The van der Waals surface area contributed by atoms with Gasteiger partial charge < -0.3 is 10.3 Å².